The van der Waals surface area contributed by atoms with Gasteiger partial charge in [0, 0.05) is 31.5 Å². The van der Waals surface area contributed by atoms with Crippen molar-refractivity contribution in [3.05, 3.63) is 86.8 Å². The van der Waals surface area contributed by atoms with Crippen molar-refractivity contribution < 1.29 is 9.53 Å². The highest BCUT2D eigenvalue weighted by Gasteiger charge is 2.15. The summed E-state index contributed by atoms with van der Waals surface area (Å²) >= 11 is 0. The fourth-order valence-electron chi connectivity index (χ4n) is 3.80. The molecule has 0 aliphatic carbocycles. The number of nitrogens with zero attached hydrogens (tertiary/aromatic N) is 5. The van der Waals surface area contributed by atoms with Gasteiger partial charge in [0.15, 0.2) is 5.49 Å². The summed E-state index contributed by atoms with van der Waals surface area (Å²) in [5.74, 6) is -0.463. The second-order valence-corrected chi connectivity index (χ2v) is 7.99. The molecule has 3 aromatic heterocycles. The van der Waals surface area contributed by atoms with E-state index in [9.17, 15) is 14.9 Å². The van der Waals surface area contributed by atoms with E-state index < -0.39 is 5.91 Å². The summed E-state index contributed by atoms with van der Waals surface area (Å²) in [7, 11) is 0. The van der Waals surface area contributed by atoms with Crippen LogP contribution in [0.3, 0.4) is 0 Å². The number of nitriles is 1. The molecule has 0 bridgehead atoms. The van der Waals surface area contributed by atoms with Gasteiger partial charge in [0.2, 0.25) is 0 Å². The number of fused-ring (bicyclic) bond motifs is 2. The summed E-state index contributed by atoms with van der Waals surface area (Å²) < 4.78 is 8.59. The lowest BCUT2D eigenvalue weighted by Crippen LogP contribution is -2.30. The molecular formula is C26H25N5O3. The number of aromatic nitrogens is 3. The van der Waals surface area contributed by atoms with E-state index in [1.807, 2.05) is 26.8 Å². The minimum absolute atomic E-state index is 0.135. The van der Waals surface area contributed by atoms with Gasteiger partial charge < -0.3 is 9.30 Å². The average Bonchev–Trinajstić information content (AvgIpc) is 2.84. The SMILES string of the molecule is CCOCCCn1c(=NC(=O)c2ccc(C)c(C)c2)c(C#N)cc2c(=O)n3ccccc3nc21. The largest absolute Gasteiger partial charge is 0.382 e. The van der Waals surface area contributed by atoms with Crippen molar-refractivity contribution in [1.82, 2.24) is 14.0 Å². The summed E-state index contributed by atoms with van der Waals surface area (Å²) in [6.07, 6.45) is 2.23. The summed E-state index contributed by atoms with van der Waals surface area (Å²) in [6.45, 7) is 7.25. The van der Waals surface area contributed by atoms with Crippen molar-refractivity contribution in [3.63, 3.8) is 0 Å². The Balaban J connectivity index is 2.00. The van der Waals surface area contributed by atoms with E-state index in [4.69, 9.17) is 4.74 Å². The van der Waals surface area contributed by atoms with Crippen LogP contribution < -0.4 is 11.0 Å². The van der Waals surface area contributed by atoms with Crippen molar-refractivity contribution in [2.24, 2.45) is 4.99 Å². The molecule has 0 N–H and O–H groups in total. The smallest absolute Gasteiger partial charge is 0.279 e. The number of pyridine rings is 2. The van der Waals surface area contributed by atoms with Gasteiger partial charge in [-0.2, -0.15) is 10.3 Å². The first-order chi connectivity index (χ1) is 16.4. The third-order valence-electron chi connectivity index (χ3n) is 5.75. The molecule has 0 spiro atoms. The first-order valence-corrected chi connectivity index (χ1v) is 11.1. The fourth-order valence-corrected chi connectivity index (χ4v) is 3.80. The van der Waals surface area contributed by atoms with Gasteiger partial charge in [0.25, 0.3) is 11.5 Å². The van der Waals surface area contributed by atoms with E-state index in [-0.39, 0.29) is 22.0 Å². The molecule has 172 valence electrons. The number of hydrogen-bond donors (Lipinski definition) is 0. The Kier molecular flexibility index (Phi) is 6.66. The van der Waals surface area contributed by atoms with Crippen LogP contribution in [-0.2, 0) is 11.3 Å². The van der Waals surface area contributed by atoms with Gasteiger partial charge in [-0.1, -0.05) is 12.1 Å². The van der Waals surface area contributed by atoms with Gasteiger partial charge in [-0.25, -0.2) is 4.98 Å². The molecule has 1 amide bonds. The number of aryl methyl sites for hydroxylation is 3. The molecule has 0 fully saturated rings. The molecule has 0 radical (unpaired) electrons. The molecule has 0 saturated heterocycles. The zero-order valence-electron chi connectivity index (χ0n) is 19.4. The first kappa shape index (κ1) is 23.1. The number of benzene rings is 1. The molecule has 1 aromatic carbocycles. The minimum Gasteiger partial charge on any atom is -0.382 e. The van der Waals surface area contributed by atoms with Gasteiger partial charge in [0.05, 0.1) is 10.9 Å². The van der Waals surface area contributed by atoms with Crippen molar-refractivity contribution >= 4 is 22.6 Å². The molecule has 0 aliphatic rings. The van der Waals surface area contributed by atoms with Crippen LogP contribution >= 0.6 is 0 Å². The predicted octanol–water partition coefficient (Wildman–Crippen LogP) is 3.31. The Morgan fingerprint density at radius 3 is 2.74 bits per heavy atom. The monoisotopic (exact) mass is 455 g/mol. The van der Waals surface area contributed by atoms with Crippen molar-refractivity contribution in [3.8, 4) is 6.07 Å². The van der Waals surface area contributed by atoms with Crippen molar-refractivity contribution in [1.29, 1.82) is 5.26 Å². The van der Waals surface area contributed by atoms with Crippen LogP contribution in [0.1, 0.15) is 40.4 Å². The summed E-state index contributed by atoms with van der Waals surface area (Å²) in [4.78, 5) is 35.3. The van der Waals surface area contributed by atoms with Gasteiger partial charge in [-0.3, -0.25) is 14.0 Å². The highest BCUT2D eigenvalue weighted by atomic mass is 16.5. The molecular weight excluding hydrogens is 430 g/mol. The van der Waals surface area contributed by atoms with Gasteiger partial charge >= 0.3 is 0 Å². The highest BCUT2D eigenvalue weighted by molar-refractivity contribution is 5.95. The number of carbonyl (C=O) groups is 1. The van der Waals surface area contributed by atoms with Gasteiger partial charge in [0.1, 0.15) is 17.4 Å². The number of rotatable bonds is 6. The predicted molar refractivity (Wildman–Crippen MR) is 129 cm³/mol. The van der Waals surface area contributed by atoms with Crippen LogP contribution in [0.4, 0.5) is 0 Å². The number of carbonyl (C=O) groups excluding carboxylic acids is 1. The van der Waals surface area contributed by atoms with E-state index >= 15 is 0 Å². The molecule has 8 heteroatoms. The van der Waals surface area contributed by atoms with Crippen molar-refractivity contribution in [2.45, 2.75) is 33.7 Å². The highest BCUT2D eigenvalue weighted by Crippen LogP contribution is 2.13. The first-order valence-electron chi connectivity index (χ1n) is 11.1. The van der Waals surface area contributed by atoms with E-state index in [1.165, 1.54) is 10.5 Å². The topological polar surface area (TPSA) is 102 Å². The van der Waals surface area contributed by atoms with E-state index in [1.54, 1.807) is 41.1 Å². The molecule has 4 rings (SSSR count). The second kappa shape index (κ2) is 9.81. The quantitative estimate of drug-likeness (QED) is 0.328. The Labute approximate surface area is 196 Å². The van der Waals surface area contributed by atoms with Crippen LogP contribution in [0.5, 0.6) is 0 Å². The Bertz CT molecular complexity index is 1570. The molecule has 4 aromatic rings. The zero-order chi connectivity index (χ0) is 24.2. The molecule has 0 aliphatic heterocycles. The van der Waals surface area contributed by atoms with Crippen LogP contribution in [0.2, 0.25) is 0 Å². The lowest BCUT2D eigenvalue weighted by atomic mass is 10.1. The molecule has 0 saturated carbocycles. The van der Waals surface area contributed by atoms with Crippen LogP contribution in [0.15, 0.2) is 58.4 Å². The normalized spacial score (nSPS) is 11.8. The Morgan fingerprint density at radius 1 is 1.18 bits per heavy atom. The number of ether oxygens (including phenoxy) is 1. The van der Waals surface area contributed by atoms with Gasteiger partial charge in [-0.05, 0) is 68.7 Å². The lowest BCUT2D eigenvalue weighted by Gasteiger charge is -2.13. The second-order valence-electron chi connectivity index (χ2n) is 7.99. The standard InChI is InChI=1S/C26H25N5O3/c1-4-34-13-7-12-31-23(29-25(32)19-10-9-17(2)18(3)14-19)20(16-27)15-21-24(31)28-22-8-5-6-11-30(22)26(21)33/h5-6,8-11,14-15H,4,7,12-13H2,1-3H3. The maximum absolute atomic E-state index is 13.2. The summed E-state index contributed by atoms with van der Waals surface area (Å²) in [6, 6.07) is 14.2. The summed E-state index contributed by atoms with van der Waals surface area (Å²) in [5.41, 5.74) is 3.35. The van der Waals surface area contributed by atoms with E-state index in [0.29, 0.717) is 43.0 Å². The third-order valence-corrected chi connectivity index (χ3v) is 5.75. The Morgan fingerprint density at radius 2 is 2.00 bits per heavy atom. The van der Waals surface area contributed by atoms with Crippen LogP contribution in [0, 0.1) is 25.2 Å². The molecule has 8 nitrogen and oxygen atoms in total. The van der Waals surface area contributed by atoms with Gasteiger partial charge in [-0.15, -0.1) is 0 Å². The summed E-state index contributed by atoms with van der Waals surface area (Å²) in [5, 5.41) is 10.2. The van der Waals surface area contributed by atoms with Crippen LogP contribution in [-0.4, -0.2) is 33.1 Å². The molecule has 34 heavy (non-hydrogen) atoms. The minimum atomic E-state index is -0.463. The van der Waals surface area contributed by atoms with Crippen LogP contribution in [0.25, 0.3) is 16.7 Å². The zero-order valence-corrected chi connectivity index (χ0v) is 19.4. The van der Waals surface area contributed by atoms with Crippen molar-refractivity contribution in [2.75, 3.05) is 13.2 Å². The maximum atomic E-state index is 13.2. The lowest BCUT2D eigenvalue weighted by molar-refractivity contribution is 0.0997. The average molecular weight is 456 g/mol. The number of hydrogen-bond acceptors (Lipinski definition) is 5. The van der Waals surface area contributed by atoms with E-state index in [2.05, 4.69) is 16.0 Å². The molecule has 3 heterocycles. The Hall–Kier alpha value is -4.09. The number of amides is 1. The van der Waals surface area contributed by atoms with E-state index in [0.717, 1.165) is 11.1 Å². The molecule has 0 unspecified atom stereocenters. The fraction of sp³-hybridized carbons (Fsp3) is 0.269. The maximum Gasteiger partial charge on any atom is 0.279 e. The third kappa shape index (κ3) is 4.38. The molecule has 0 atom stereocenters.